The minimum atomic E-state index is -3.03. The number of amides is 1. The molecule has 1 aliphatic heterocycles. The number of sulfone groups is 1. The molecular formula is C15H25IN4O4S. The molecule has 0 radical (unpaired) electrons. The van der Waals surface area contributed by atoms with Crippen molar-refractivity contribution in [3.63, 3.8) is 0 Å². The molecule has 0 unspecified atom stereocenters. The molecule has 1 aromatic heterocycles. The van der Waals surface area contributed by atoms with Gasteiger partial charge in [0, 0.05) is 39.0 Å². The molecule has 1 saturated heterocycles. The lowest BCUT2D eigenvalue weighted by atomic mass is 10.3. The van der Waals surface area contributed by atoms with Crippen LogP contribution in [0.25, 0.3) is 0 Å². The zero-order valence-electron chi connectivity index (χ0n) is 14.5. The number of piperazine rings is 1. The number of carbonyl (C=O) groups is 1. The summed E-state index contributed by atoms with van der Waals surface area (Å²) in [5, 5.41) is 3.17. The van der Waals surface area contributed by atoms with Crippen molar-refractivity contribution in [2.45, 2.75) is 6.92 Å². The van der Waals surface area contributed by atoms with Crippen LogP contribution in [0.1, 0.15) is 17.5 Å². The molecule has 1 fully saturated rings. The van der Waals surface area contributed by atoms with E-state index in [1.165, 1.54) is 12.5 Å². The van der Waals surface area contributed by atoms with Crippen LogP contribution in [0.3, 0.4) is 0 Å². The lowest BCUT2D eigenvalue weighted by Crippen LogP contribution is -2.53. The molecule has 0 aromatic carbocycles. The Balaban J connectivity index is 0.00000312. The molecule has 1 N–H and O–H groups in total. The highest BCUT2D eigenvalue weighted by Crippen LogP contribution is 2.09. The van der Waals surface area contributed by atoms with Gasteiger partial charge in [0.05, 0.1) is 18.6 Å². The quantitative estimate of drug-likeness (QED) is 0.375. The molecule has 0 bridgehead atoms. The van der Waals surface area contributed by atoms with E-state index in [0.717, 1.165) is 0 Å². The molecule has 1 aliphatic rings. The Morgan fingerprint density at radius 3 is 2.44 bits per heavy atom. The first-order valence-electron chi connectivity index (χ1n) is 7.94. The number of carbonyl (C=O) groups excluding carboxylic acids is 1. The number of aliphatic imine (C=N–C) groups is 1. The van der Waals surface area contributed by atoms with E-state index in [9.17, 15) is 13.2 Å². The van der Waals surface area contributed by atoms with Crippen molar-refractivity contribution in [3.8, 4) is 0 Å². The van der Waals surface area contributed by atoms with Crippen LogP contribution in [0.2, 0.25) is 0 Å². The first-order valence-corrected chi connectivity index (χ1v) is 10.0. The smallest absolute Gasteiger partial charge is 0.289 e. The van der Waals surface area contributed by atoms with Crippen molar-refractivity contribution < 1.29 is 17.6 Å². The summed E-state index contributed by atoms with van der Waals surface area (Å²) in [4.78, 5) is 20.4. The van der Waals surface area contributed by atoms with Crippen LogP contribution in [-0.2, 0) is 9.84 Å². The molecule has 25 heavy (non-hydrogen) atoms. The first kappa shape index (κ1) is 21.7. The fourth-order valence-electron chi connectivity index (χ4n) is 2.42. The van der Waals surface area contributed by atoms with Gasteiger partial charge in [-0.05, 0) is 19.1 Å². The van der Waals surface area contributed by atoms with Crippen molar-refractivity contribution >= 4 is 45.7 Å². The molecule has 10 heteroatoms. The number of furan rings is 1. The lowest BCUT2D eigenvalue weighted by Gasteiger charge is -2.36. The molecule has 142 valence electrons. The number of nitrogens with zero attached hydrogens (tertiary/aromatic N) is 3. The molecule has 0 aliphatic carbocycles. The molecule has 1 amide bonds. The summed E-state index contributed by atoms with van der Waals surface area (Å²) in [5.41, 5.74) is 0. The van der Waals surface area contributed by atoms with Crippen LogP contribution < -0.4 is 5.32 Å². The molecule has 8 nitrogen and oxygen atoms in total. The highest BCUT2D eigenvalue weighted by molar-refractivity contribution is 14.0. The fourth-order valence-corrected chi connectivity index (χ4v) is 2.84. The van der Waals surface area contributed by atoms with Crippen molar-refractivity contribution in [1.82, 2.24) is 15.1 Å². The van der Waals surface area contributed by atoms with E-state index in [1.807, 2.05) is 11.8 Å². The summed E-state index contributed by atoms with van der Waals surface area (Å²) < 4.78 is 27.6. The van der Waals surface area contributed by atoms with Gasteiger partial charge in [-0.15, -0.1) is 24.0 Å². The second-order valence-electron chi connectivity index (χ2n) is 5.62. The number of guanidine groups is 1. The zero-order chi connectivity index (χ0) is 17.6. The van der Waals surface area contributed by atoms with E-state index in [4.69, 9.17) is 4.42 Å². The summed E-state index contributed by atoms with van der Waals surface area (Å²) in [7, 11) is -3.03. The zero-order valence-corrected chi connectivity index (χ0v) is 17.6. The summed E-state index contributed by atoms with van der Waals surface area (Å²) in [6, 6.07) is 3.35. The van der Waals surface area contributed by atoms with E-state index in [-0.39, 0.29) is 42.2 Å². The predicted molar refractivity (Wildman–Crippen MR) is 107 cm³/mol. The number of halogens is 1. The molecule has 0 saturated carbocycles. The molecular weight excluding hydrogens is 459 g/mol. The Bertz CT molecular complexity index is 668. The molecule has 2 rings (SSSR count). The Hall–Kier alpha value is -1.30. The summed E-state index contributed by atoms with van der Waals surface area (Å²) in [6.07, 6.45) is 2.69. The van der Waals surface area contributed by atoms with Crippen LogP contribution in [-0.4, -0.2) is 81.4 Å². The van der Waals surface area contributed by atoms with Crippen molar-refractivity contribution in [2.24, 2.45) is 4.99 Å². The van der Waals surface area contributed by atoms with E-state index < -0.39 is 9.84 Å². The van der Waals surface area contributed by atoms with Gasteiger partial charge >= 0.3 is 0 Å². The SMILES string of the molecule is CCNC(=NCCS(C)(=O)=O)N1CCN(C(=O)c2ccco2)CC1.I. The Kier molecular flexibility index (Phi) is 8.69. The van der Waals surface area contributed by atoms with E-state index >= 15 is 0 Å². The summed E-state index contributed by atoms with van der Waals surface area (Å²) >= 11 is 0. The van der Waals surface area contributed by atoms with E-state index in [2.05, 4.69) is 10.3 Å². The third-order valence-electron chi connectivity index (χ3n) is 3.66. The summed E-state index contributed by atoms with van der Waals surface area (Å²) in [5.74, 6) is 0.945. The van der Waals surface area contributed by atoms with Gasteiger partial charge in [-0.2, -0.15) is 0 Å². The number of hydrogen-bond donors (Lipinski definition) is 1. The van der Waals surface area contributed by atoms with Gasteiger partial charge in [0.25, 0.3) is 5.91 Å². The standard InChI is InChI=1S/C15H24N4O4S.HI/c1-3-16-15(17-6-12-24(2,21)22)19-9-7-18(8-10-19)14(20)13-5-4-11-23-13;/h4-5,11H,3,6-10,12H2,1-2H3,(H,16,17);1H. The van der Waals surface area contributed by atoms with Gasteiger partial charge in [-0.1, -0.05) is 0 Å². The molecule has 1 aromatic rings. The van der Waals surface area contributed by atoms with Crippen molar-refractivity contribution in [1.29, 1.82) is 0 Å². The Morgan fingerprint density at radius 2 is 1.92 bits per heavy atom. The minimum absolute atomic E-state index is 0. The maximum absolute atomic E-state index is 12.2. The third-order valence-corrected chi connectivity index (χ3v) is 4.58. The van der Waals surface area contributed by atoms with Gasteiger partial charge in [0.15, 0.2) is 11.7 Å². The summed E-state index contributed by atoms with van der Waals surface area (Å²) in [6.45, 7) is 5.29. The molecule has 2 heterocycles. The molecule has 0 spiro atoms. The van der Waals surface area contributed by atoms with Gasteiger partial charge in [0.1, 0.15) is 9.84 Å². The van der Waals surface area contributed by atoms with Crippen LogP contribution in [0.15, 0.2) is 27.8 Å². The van der Waals surface area contributed by atoms with Gasteiger partial charge in [0.2, 0.25) is 0 Å². The van der Waals surface area contributed by atoms with Gasteiger partial charge in [-0.3, -0.25) is 9.79 Å². The second kappa shape index (κ2) is 10.00. The van der Waals surface area contributed by atoms with Crippen LogP contribution in [0.5, 0.6) is 0 Å². The number of nitrogens with one attached hydrogen (secondary N) is 1. The monoisotopic (exact) mass is 484 g/mol. The number of hydrogen-bond acceptors (Lipinski definition) is 5. The lowest BCUT2D eigenvalue weighted by molar-refractivity contribution is 0.0657. The average molecular weight is 484 g/mol. The maximum Gasteiger partial charge on any atom is 0.289 e. The van der Waals surface area contributed by atoms with Gasteiger partial charge in [-0.25, -0.2) is 8.42 Å². The maximum atomic E-state index is 12.2. The largest absolute Gasteiger partial charge is 0.459 e. The average Bonchev–Trinajstić information content (AvgIpc) is 3.07. The highest BCUT2D eigenvalue weighted by Gasteiger charge is 2.25. The third kappa shape index (κ3) is 6.84. The first-order chi connectivity index (χ1) is 11.4. The second-order valence-corrected chi connectivity index (χ2v) is 7.88. The van der Waals surface area contributed by atoms with E-state index in [1.54, 1.807) is 17.0 Å². The highest BCUT2D eigenvalue weighted by atomic mass is 127. The minimum Gasteiger partial charge on any atom is -0.459 e. The van der Waals surface area contributed by atoms with Crippen LogP contribution in [0.4, 0.5) is 0 Å². The Morgan fingerprint density at radius 1 is 1.28 bits per heavy atom. The fraction of sp³-hybridized carbons (Fsp3) is 0.600. The Labute approximate surface area is 165 Å². The number of rotatable bonds is 5. The molecule has 0 atom stereocenters. The van der Waals surface area contributed by atoms with E-state index in [0.29, 0.717) is 44.4 Å². The van der Waals surface area contributed by atoms with Crippen molar-refractivity contribution in [2.75, 3.05) is 51.3 Å². The topological polar surface area (TPSA) is 95.2 Å². The normalized spacial score (nSPS) is 15.7. The van der Waals surface area contributed by atoms with Crippen molar-refractivity contribution in [3.05, 3.63) is 24.2 Å². The predicted octanol–water partition coefficient (Wildman–Crippen LogP) is 0.666. The van der Waals surface area contributed by atoms with Gasteiger partial charge < -0.3 is 19.5 Å². The van der Waals surface area contributed by atoms with Crippen LogP contribution >= 0.6 is 24.0 Å². The van der Waals surface area contributed by atoms with Crippen LogP contribution in [0, 0.1) is 0 Å².